The summed E-state index contributed by atoms with van der Waals surface area (Å²) < 4.78 is 7.60. The fraction of sp³-hybridized carbons (Fsp3) is 0.435. The van der Waals surface area contributed by atoms with E-state index in [0.717, 1.165) is 41.8 Å². The first kappa shape index (κ1) is 20.7. The zero-order valence-corrected chi connectivity index (χ0v) is 18.4. The maximum absolute atomic E-state index is 12.8. The number of hydrogen-bond donors (Lipinski definition) is 0. The summed E-state index contributed by atoms with van der Waals surface area (Å²) in [5, 5.41) is 9.60. The summed E-state index contributed by atoms with van der Waals surface area (Å²) in [6.45, 7) is 6.42. The van der Waals surface area contributed by atoms with Gasteiger partial charge in [-0.15, -0.1) is 10.2 Å². The topological polar surface area (TPSA) is 64.2 Å². The van der Waals surface area contributed by atoms with Crippen LogP contribution in [-0.4, -0.2) is 44.4 Å². The Kier molecular flexibility index (Phi) is 6.57. The lowest BCUT2D eigenvalue weighted by molar-refractivity contribution is -0.128. The van der Waals surface area contributed by atoms with Crippen LogP contribution in [0.15, 0.2) is 52.2 Å². The monoisotopic (exact) mass is 424 g/mol. The van der Waals surface area contributed by atoms with Crippen molar-refractivity contribution in [3.05, 3.63) is 54.0 Å². The SMILES string of the molecule is CCCN(CC1CC1)C(=O)CSc1nnc(-c2cccc(C)c2)n1Cc1ccco1. The molecule has 0 radical (unpaired) electrons. The zero-order chi connectivity index (χ0) is 20.9. The Morgan fingerprint density at radius 3 is 2.83 bits per heavy atom. The first-order valence-electron chi connectivity index (χ1n) is 10.6. The van der Waals surface area contributed by atoms with Crippen LogP contribution in [0, 0.1) is 12.8 Å². The maximum Gasteiger partial charge on any atom is 0.233 e. The van der Waals surface area contributed by atoms with E-state index in [2.05, 4.69) is 36.2 Å². The summed E-state index contributed by atoms with van der Waals surface area (Å²) in [5.41, 5.74) is 2.17. The van der Waals surface area contributed by atoms with Crippen LogP contribution in [-0.2, 0) is 11.3 Å². The van der Waals surface area contributed by atoms with Gasteiger partial charge in [-0.3, -0.25) is 9.36 Å². The lowest BCUT2D eigenvalue weighted by Gasteiger charge is -2.21. The van der Waals surface area contributed by atoms with E-state index >= 15 is 0 Å². The molecule has 1 fully saturated rings. The smallest absolute Gasteiger partial charge is 0.233 e. The minimum atomic E-state index is 0.179. The number of amides is 1. The first-order chi connectivity index (χ1) is 14.6. The predicted octanol–water partition coefficient (Wildman–Crippen LogP) is 4.64. The number of thioether (sulfide) groups is 1. The van der Waals surface area contributed by atoms with Crippen molar-refractivity contribution in [1.82, 2.24) is 19.7 Å². The third-order valence-electron chi connectivity index (χ3n) is 5.23. The molecule has 2 heterocycles. The Morgan fingerprint density at radius 1 is 1.27 bits per heavy atom. The van der Waals surface area contributed by atoms with Crippen LogP contribution >= 0.6 is 11.8 Å². The number of aryl methyl sites for hydroxylation is 1. The van der Waals surface area contributed by atoms with Crippen LogP contribution in [0.25, 0.3) is 11.4 Å². The largest absolute Gasteiger partial charge is 0.467 e. The molecule has 158 valence electrons. The number of carbonyl (C=O) groups is 1. The second-order valence-electron chi connectivity index (χ2n) is 7.91. The van der Waals surface area contributed by atoms with Crippen molar-refractivity contribution in [2.24, 2.45) is 5.92 Å². The molecule has 3 aromatic rings. The molecular formula is C23H28N4O2S. The van der Waals surface area contributed by atoms with Gasteiger partial charge in [0.1, 0.15) is 5.76 Å². The Morgan fingerprint density at radius 2 is 2.13 bits per heavy atom. The summed E-state index contributed by atoms with van der Waals surface area (Å²) in [5.74, 6) is 2.86. The molecule has 1 saturated carbocycles. The third-order valence-corrected chi connectivity index (χ3v) is 6.19. The molecule has 6 nitrogen and oxygen atoms in total. The average Bonchev–Trinajstić information content (AvgIpc) is 3.24. The van der Waals surface area contributed by atoms with Gasteiger partial charge in [-0.25, -0.2) is 0 Å². The van der Waals surface area contributed by atoms with Crippen molar-refractivity contribution in [3.8, 4) is 11.4 Å². The molecule has 0 saturated heterocycles. The van der Waals surface area contributed by atoms with E-state index in [1.165, 1.54) is 30.2 Å². The standard InChI is InChI=1S/C23H28N4O2S/c1-3-11-26(14-18-9-10-18)21(28)16-30-23-25-24-22(19-7-4-6-17(2)13-19)27(23)15-20-8-5-12-29-20/h4-8,12-13,18H,3,9-11,14-16H2,1-2H3. The molecule has 1 aliphatic rings. The highest BCUT2D eigenvalue weighted by Gasteiger charge is 2.27. The highest BCUT2D eigenvalue weighted by atomic mass is 32.2. The molecule has 1 aromatic carbocycles. The number of benzene rings is 1. The molecule has 30 heavy (non-hydrogen) atoms. The quantitative estimate of drug-likeness (QED) is 0.444. The van der Waals surface area contributed by atoms with E-state index in [1.807, 2.05) is 33.7 Å². The predicted molar refractivity (Wildman–Crippen MR) is 118 cm³/mol. The Bertz CT molecular complexity index is 979. The second kappa shape index (κ2) is 9.51. The molecule has 0 bridgehead atoms. The van der Waals surface area contributed by atoms with Crippen LogP contribution in [0.4, 0.5) is 0 Å². The van der Waals surface area contributed by atoms with Gasteiger partial charge in [0, 0.05) is 18.7 Å². The molecule has 0 N–H and O–H groups in total. The Balaban J connectivity index is 1.53. The molecule has 4 rings (SSSR count). The van der Waals surface area contributed by atoms with Gasteiger partial charge >= 0.3 is 0 Å². The molecule has 0 spiro atoms. The van der Waals surface area contributed by atoms with E-state index in [4.69, 9.17) is 4.42 Å². The van der Waals surface area contributed by atoms with E-state index in [0.29, 0.717) is 18.2 Å². The number of carbonyl (C=O) groups excluding carboxylic acids is 1. The molecule has 0 aliphatic heterocycles. The van der Waals surface area contributed by atoms with Crippen LogP contribution in [0.2, 0.25) is 0 Å². The minimum absolute atomic E-state index is 0.179. The van der Waals surface area contributed by atoms with Gasteiger partial charge in [0.15, 0.2) is 11.0 Å². The van der Waals surface area contributed by atoms with Gasteiger partial charge in [-0.1, -0.05) is 42.4 Å². The molecule has 2 aromatic heterocycles. The molecule has 0 atom stereocenters. The van der Waals surface area contributed by atoms with Crippen molar-refractivity contribution >= 4 is 17.7 Å². The molecule has 1 aliphatic carbocycles. The number of hydrogen-bond acceptors (Lipinski definition) is 5. The van der Waals surface area contributed by atoms with Gasteiger partial charge in [-0.05, 0) is 50.3 Å². The number of rotatable bonds is 10. The fourth-order valence-corrected chi connectivity index (χ4v) is 4.35. The number of furan rings is 1. The summed E-state index contributed by atoms with van der Waals surface area (Å²) in [4.78, 5) is 14.9. The molecular weight excluding hydrogens is 396 g/mol. The van der Waals surface area contributed by atoms with Gasteiger partial charge < -0.3 is 9.32 Å². The van der Waals surface area contributed by atoms with Gasteiger partial charge in [0.25, 0.3) is 0 Å². The van der Waals surface area contributed by atoms with Crippen LogP contribution in [0.1, 0.15) is 37.5 Å². The summed E-state index contributed by atoms with van der Waals surface area (Å²) in [6.07, 6.45) is 5.15. The van der Waals surface area contributed by atoms with E-state index in [-0.39, 0.29) is 5.91 Å². The zero-order valence-electron chi connectivity index (χ0n) is 17.6. The Hall–Kier alpha value is -2.54. The van der Waals surface area contributed by atoms with Crippen molar-refractivity contribution in [2.75, 3.05) is 18.8 Å². The van der Waals surface area contributed by atoms with Gasteiger partial charge in [0.2, 0.25) is 5.91 Å². The van der Waals surface area contributed by atoms with Gasteiger partial charge in [-0.2, -0.15) is 0 Å². The van der Waals surface area contributed by atoms with E-state index in [1.54, 1.807) is 6.26 Å². The first-order valence-corrected chi connectivity index (χ1v) is 11.6. The fourth-order valence-electron chi connectivity index (χ4n) is 3.51. The average molecular weight is 425 g/mol. The lowest BCUT2D eigenvalue weighted by atomic mass is 10.1. The molecule has 1 amide bonds. The normalized spacial score (nSPS) is 13.5. The molecule has 7 heteroatoms. The van der Waals surface area contributed by atoms with Crippen LogP contribution in [0.3, 0.4) is 0 Å². The van der Waals surface area contributed by atoms with E-state index in [9.17, 15) is 4.79 Å². The second-order valence-corrected chi connectivity index (χ2v) is 8.86. The maximum atomic E-state index is 12.8. The van der Waals surface area contributed by atoms with Crippen LogP contribution < -0.4 is 0 Å². The van der Waals surface area contributed by atoms with Crippen LogP contribution in [0.5, 0.6) is 0 Å². The Labute approximate surface area is 181 Å². The lowest BCUT2D eigenvalue weighted by Crippen LogP contribution is -2.35. The highest BCUT2D eigenvalue weighted by molar-refractivity contribution is 7.99. The van der Waals surface area contributed by atoms with Gasteiger partial charge in [0.05, 0.1) is 18.6 Å². The summed E-state index contributed by atoms with van der Waals surface area (Å²) in [7, 11) is 0. The summed E-state index contributed by atoms with van der Waals surface area (Å²) in [6, 6.07) is 12.0. The van der Waals surface area contributed by atoms with Crippen molar-refractivity contribution in [2.45, 2.75) is 44.8 Å². The molecule has 0 unspecified atom stereocenters. The number of nitrogens with zero attached hydrogens (tertiary/aromatic N) is 4. The van der Waals surface area contributed by atoms with E-state index < -0.39 is 0 Å². The minimum Gasteiger partial charge on any atom is -0.467 e. The highest BCUT2D eigenvalue weighted by Crippen LogP contribution is 2.30. The number of aromatic nitrogens is 3. The van der Waals surface area contributed by atoms with Crippen molar-refractivity contribution in [1.29, 1.82) is 0 Å². The third kappa shape index (κ3) is 5.14. The van der Waals surface area contributed by atoms with Crippen molar-refractivity contribution in [3.63, 3.8) is 0 Å². The van der Waals surface area contributed by atoms with Crippen molar-refractivity contribution < 1.29 is 9.21 Å². The summed E-state index contributed by atoms with van der Waals surface area (Å²) >= 11 is 1.45.